The van der Waals surface area contributed by atoms with Gasteiger partial charge in [-0.3, -0.25) is 9.69 Å². The van der Waals surface area contributed by atoms with E-state index in [2.05, 4.69) is 6.58 Å². The number of hydrogen-bond acceptors (Lipinski definition) is 4. The molecule has 1 heterocycles. The molecule has 25 heavy (non-hydrogen) atoms. The largest absolute Gasteiger partial charge is 0.489 e. The van der Waals surface area contributed by atoms with E-state index < -0.39 is 0 Å². The van der Waals surface area contributed by atoms with Crippen LogP contribution in [0.25, 0.3) is 6.08 Å². The van der Waals surface area contributed by atoms with Gasteiger partial charge >= 0.3 is 0 Å². The molecule has 5 heteroatoms. The lowest BCUT2D eigenvalue weighted by Gasteiger charge is -2.10. The molecule has 2 aromatic carbocycles. The van der Waals surface area contributed by atoms with Gasteiger partial charge in [0.2, 0.25) is 0 Å². The molecule has 0 N–H and O–H groups in total. The molecule has 126 valence electrons. The van der Waals surface area contributed by atoms with Crippen LogP contribution in [0, 0.1) is 0 Å². The highest BCUT2D eigenvalue weighted by Crippen LogP contribution is 2.32. The van der Waals surface area contributed by atoms with Crippen molar-refractivity contribution in [3.8, 4) is 5.75 Å². The maximum atomic E-state index is 12.4. The molecule has 1 aliphatic rings. The molecular formula is C20H17NO2S2. The first kappa shape index (κ1) is 17.5. The van der Waals surface area contributed by atoms with Crippen molar-refractivity contribution in [2.75, 3.05) is 6.54 Å². The van der Waals surface area contributed by atoms with Gasteiger partial charge in [-0.15, -0.1) is 6.58 Å². The lowest BCUT2D eigenvalue weighted by molar-refractivity contribution is -0.121. The molecule has 2 aromatic rings. The smallest absolute Gasteiger partial charge is 0.266 e. The van der Waals surface area contributed by atoms with E-state index in [9.17, 15) is 4.79 Å². The lowest BCUT2D eigenvalue weighted by atomic mass is 10.2. The molecule has 0 bridgehead atoms. The summed E-state index contributed by atoms with van der Waals surface area (Å²) in [5.74, 6) is 0.685. The van der Waals surface area contributed by atoms with Gasteiger partial charge in [-0.1, -0.05) is 72.5 Å². The molecule has 0 saturated carbocycles. The summed E-state index contributed by atoms with van der Waals surface area (Å²) in [4.78, 5) is 14.5. The quantitative estimate of drug-likeness (QED) is 0.422. The average Bonchev–Trinajstić information content (AvgIpc) is 2.89. The van der Waals surface area contributed by atoms with E-state index in [1.807, 2.05) is 60.7 Å². The SMILES string of the molecule is C=CCN1C(=O)C(=Cc2cccc(OCc3ccccc3)c2)SC1=S. The van der Waals surface area contributed by atoms with Gasteiger partial charge in [0.25, 0.3) is 5.91 Å². The second-order valence-electron chi connectivity index (χ2n) is 5.43. The summed E-state index contributed by atoms with van der Waals surface area (Å²) in [6, 6.07) is 17.7. The Morgan fingerprint density at radius 3 is 2.72 bits per heavy atom. The molecule has 3 rings (SSSR count). The normalized spacial score (nSPS) is 15.7. The third-order valence-electron chi connectivity index (χ3n) is 3.59. The fourth-order valence-corrected chi connectivity index (χ4v) is 3.65. The third kappa shape index (κ3) is 4.38. The minimum atomic E-state index is -0.0782. The summed E-state index contributed by atoms with van der Waals surface area (Å²) in [5.41, 5.74) is 2.02. The zero-order valence-electron chi connectivity index (χ0n) is 13.6. The van der Waals surface area contributed by atoms with E-state index in [1.165, 1.54) is 11.8 Å². The van der Waals surface area contributed by atoms with Crippen LogP contribution in [-0.4, -0.2) is 21.7 Å². The van der Waals surface area contributed by atoms with Gasteiger partial charge in [0.1, 0.15) is 16.7 Å². The lowest BCUT2D eigenvalue weighted by Crippen LogP contribution is -2.27. The first-order chi connectivity index (χ1) is 12.2. The summed E-state index contributed by atoms with van der Waals surface area (Å²) in [5, 5.41) is 0. The van der Waals surface area contributed by atoms with Crippen molar-refractivity contribution in [3.63, 3.8) is 0 Å². The molecule has 1 fully saturated rings. The molecule has 0 spiro atoms. The van der Waals surface area contributed by atoms with Crippen molar-refractivity contribution in [1.82, 2.24) is 4.90 Å². The highest BCUT2D eigenvalue weighted by atomic mass is 32.2. The number of amides is 1. The van der Waals surface area contributed by atoms with Crippen LogP contribution in [0.4, 0.5) is 0 Å². The van der Waals surface area contributed by atoms with Gasteiger partial charge in [-0.2, -0.15) is 0 Å². The third-order valence-corrected chi connectivity index (χ3v) is 4.97. The summed E-state index contributed by atoms with van der Waals surface area (Å²) in [6.45, 7) is 4.60. The van der Waals surface area contributed by atoms with E-state index in [0.717, 1.165) is 16.9 Å². The fourth-order valence-electron chi connectivity index (χ4n) is 2.37. The monoisotopic (exact) mass is 367 g/mol. The Labute approximate surface area is 157 Å². The maximum absolute atomic E-state index is 12.4. The van der Waals surface area contributed by atoms with Crippen molar-refractivity contribution in [2.45, 2.75) is 6.61 Å². The van der Waals surface area contributed by atoms with E-state index in [-0.39, 0.29) is 5.91 Å². The predicted octanol–water partition coefficient (Wildman–Crippen LogP) is 4.65. The Morgan fingerprint density at radius 1 is 1.16 bits per heavy atom. The Hall–Kier alpha value is -2.37. The molecule has 1 amide bonds. The molecule has 0 atom stereocenters. The molecule has 0 aliphatic carbocycles. The maximum Gasteiger partial charge on any atom is 0.266 e. The zero-order chi connectivity index (χ0) is 17.6. The number of ether oxygens (including phenoxy) is 1. The van der Waals surface area contributed by atoms with Crippen molar-refractivity contribution in [1.29, 1.82) is 0 Å². The second kappa shape index (κ2) is 8.14. The van der Waals surface area contributed by atoms with Gasteiger partial charge in [-0.05, 0) is 29.3 Å². The van der Waals surface area contributed by atoms with Gasteiger partial charge < -0.3 is 4.74 Å². The first-order valence-corrected chi connectivity index (χ1v) is 9.03. The number of thioether (sulfide) groups is 1. The minimum absolute atomic E-state index is 0.0782. The van der Waals surface area contributed by atoms with Crippen LogP contribution in [0.1, 0.15) is 11.1 Å². The Morgan fingerprint density at radius 2 is 1.96 bits per heavy atom. The highest BCUT2D eigenvalue weighted by Gasteiger charge is 2.30. The number of thiocarbonyl (C=S) groups is 1. The Bertz CT molecular complexity index is 831. The number of rotatable bonds is 6. The fraction of sp³-hybridized carbons (Fsp3) is 0.100. The number of hydrogen-bond donors (Lipinski definition) is 0. The van der Waals surface area contributed by atoms with Crippen molar-refractivity contribution >= 4 is 40.3 Å². The minimum Gasteiger partial charge on any atom is -0.489 e. The molecular weight excluding hydrogens is 350 g/mol. The van der Waals surface area contributed by atoms with Crippen LogP contribution in [0.15, 0.2) is 72.2 Å². The summed E-state index contributed by atoms with van der Waals surface area (Å²) < 4.78 is 6.40. The Balaban J connectivity index is 1.72. The molecule has 1 saturated heterocycles. The van der Waals surface area contributed by atoms with Gasteiger partial charge in [-0.25, -0.2) is 0 Å². The van der Waals surface area contributed by atoms with Gasteiger partial charge in [0, 0.05) is 6.54 Å². The van der Waals surface area contributed by atoms with E-state index >= 15 is 0 Å². The second-order valence-corrected chi connectivity index (χ2v) is 7.10. The van der Waals surface area contributed by atoms with Crippen LogP contribution in [0.2, 0.25) is 0 Å². The average molecular weight is 367 g/mol. The van der Waals surface area contributed by atoms with Crippen LogP contribution in [0.3, 0.4) is 0 Å². The van der Waals surface area contributed by atoms with Crippen LogP contribution >= 0.6 is 24.0 Å². The standard InChI is InChI=1S/C20H17NO2S2/c1-2-11-21-19(22)18(25-20(21)24)13-16-9-6-10-17(12-16)23-14-15-7-4-3-5-8-15/h2-10,12-13H,1,11,14H2. The summed E-state index contributed by atoms with van der Waals surface area (Å²) in [6.07, 6.45) is 3.52. The summed E-state index contributed by atoms with van der Waals surface area (Å²) in [7, 11) is 0. The molecule has 1 aliphatic heterocycles. The topological polar surface area (TPSA) is 29.5 Å². The first-order valence-electron chi connectivity index (χ1n) is 7.80. The molecule has 3 nitrogen and oxygen atoms in total. The zero-order valence-corrected chi connectivity index (χ0v) is 15.2. The van der Waals surface area contributed by atoms with E-state index in [4.69, 9.17) is 17.0 Å². The molecule has 0 unspecified atom stereocenters. The molecule has 0 aromatic heterocycles. The van der Waals surface area contributed by atoms with Gasteiger partial charge in [0.05, 0.1) is 4.91 Å². The van der Waals surface area contributed by atoms with Crippen molar-refractivity contribution in [2.24, 2.45) is 0 Å². The number of benzene rings is 2. The molecule has 0 radical (unpaired) electrons. The van der Waals surface area contributed by atoms with Crippen LogP contribution in [-0.2, 0) is 11.4 Å². The predicted molar refractivity (Wildman–Crippen MR) is 107 cm³/mol. The van der Waals surface area contributed by atoms with Crippen LogP contribution < -0.4 is 4.74 Å². The number of carbonyl (C=O) groups excluding carboxylic acids is 1. The van der Waals surface area contributed by atoms with Crippen LogP contribution in [0.5, 0.6) is 5.75 Å². The van der Waals surface area contributed by atoms with E-state index in [1.54, 1.807) is 11.0 Å². The van der Waals surface area contributed by atoms with Crippen molar-refractivity contribution < 1.29 is 9.53 Å². The van der Waals surface area contributed by atoms with Gasteiger partial charge in [0.15, 0.2) is 0 Å². The number of carbonyl (C=O) groups is 1. The Kier molecular flexibility index (Phi) is 5.68. The van der Waals surface area contributed by atoms with E-state index in [0.29, 0.717) is 22.4 Å². The van der Waals surface area contributed by atoms with Crippen molar-refractivity contribution in [3.05, 3.63) is 83.3 Å². The summed E-state index contributed by atoms with van der Waals surface area (Å²) >= 11 is 6.57. The number of nitrogens with zero attached hydrogens (tertiary/aromatic N) is 1. The highest BCUT2D eigenvalue weighted by molar-refractivity contribution is 8.26.